The van der Waals surface area contributed by atoms with E-state index in [0.29, 0.717) is 18.2 Å². The molecule has 1 aromatic rings. The van der Waals surface area contributed by atoms with E-state index in [0.717, 1.165) is 39.1 Å². The maximum absolute atomic E-state index is 12.4. The molecule has 136 valence electrons. The Balaban J connectivity index is 1.86. The van der Waals surface area contributed by atoms with E-state index in [1.165, 1.54) is 19.2 Å². The molecule has 0 bridgehead atoms. The minimum Gasteiger partial charge on any atom is -0.495 e. The fraction of sp³-hybridized carbons (Fsp3) is 0.625. The van der Waals surface area contributed by atoms with Gasteiger partial charge in [0, 0.05) is 20.2 Å². The van der Waals surface area contributed by atoms with E-state index in [4.69, 9.17) is 21.1 Å². The quantitative estimate of drug-likeness (QED) is 0.751. The first-order valence-corrected chi connectivity index (χ1v) is 9.87. The predicted octanol–water partition coefficient (Wildman–Crippen LogP) is 1.99. The average molecular weight is 377 g/mol. The minimum atomic E-state index is -3.56. The zero-order valence-corrected chi connectivity index (χ0v) is 15.7. The molecule has 1 aliphatic heterocycles. The molecule has 1 N–H and O–H groups in total. The molecule has 0 spiro atoms. The van der Waals surface area contributed by atoms with Crippen LogP contribution in [0.25, 0.3) is 0 Å². The first kappa shape index (κ1) is 19.5. The smallest absolute Gasteiger partial charge is 0.240 e. The number of methoxy groups -OCH3 is 2. The van der Waals surface area contributed by atoms with Crippen LogP contribution in [0.1, 0.15) is 12.8 Å². The zero-order chi connectivity index (χ0) is 17.6. The topological polar surface area (TPSA) is 67.9 Å². The predicted molar refractivity (Wildman–Crippen MR) is 94.2 cm³/mol. The molecule has 2 rings (SSSR count). The number of rotatable bonds is 8. The van der Waals surface area contributed by atoms with Crippen LogP contribution in [0.15, 0.2) is 23.1 Å². The number of halogens is 1. The van der Waals surface area contributed by atoms with Crippen molar-refractivity contribution in [3.8, 4) is 5.75 Å². The lowest BCUT2D eigenvalue weighted by Gasteiger charge is -2.31. The van der Waals surface area contributed by atoms with E-state index in [2.05, 4.69) is 9.62 Å². The molecule has 24 heavy (non-hydrogen) atoms. The van der Waals surface area contributed by atoms with Crippen molar-refractivity contribution >= 4 is 21.6 Å². The highest BCUT2D eigenvalue weighted by molar-refractivity contribution is 7.89. The minimum absolute atomic E-state index is 0.158. The number of likely N-dealkylation sites (tertiary alicyclic amines) is 1. The van der Waals surface area contributed by atoms with Crippen LogP contribution in [-0.2, 0) is 14.8 Å². The van der Waals surface area contributed by atoms with Crippen molar-refractivity contribution in [3.05, 3.63) is 23.2 Å². The normalized spacial score (nSPS) is 17.1. The zero-order valence-electron chi connectivity index (χ0n) is 14.1. The Morgan fingerprint density at radius 2 is 2.00 bits per heavy atom. The monoisotopic (exact) mass is 376 g/mol. The summed E-state index contributed by atoms with van der Waals surface area (Å²) in [5, 5.41) is 0.284. The molecule has 0 aliphatic carbocycles. The van der Waals surface area contributed by atoms with Crippen LogP contribution in [0.2, 0.25) is 5.02 Å². The third kappa shape index (κ3) is 5.32. The van der Waals surface area contributed by atoms with Gasteiger partial charge in [-0.15, -0.1) is 0 Å². The Bertz CT molecular complexity index is 631. The SMILES string of the molecule is COCCN1CCC(CNS(=O)(=O)c2ccc(OC)c(Cl)c2)CC1. The number of benzene rings is 1. The highest BCUT2D eigenvalue weighted by Gasteiger charge is 2.22. The van der Waals surface area contributed by atoms with Crippen molar-refractivity contribution < 1.29 is 17.9 Å². The number of ether oxygens (including phenoxy) is 2. The van der Waals surface area contributed by atoms with Crippen LogP contribution in [-0.4, -0.2) is 60.3 Å². The van der Waals surface area contributed by atoms with E-state index in [-0.39, 0.29) is 9.92 Å². The van der Waals surface area contributed by atoms with E-state index in [1.54, 1.807) is 13.2 Å². The van der Waals surface area contributed by atoms with Crippen molar-refractivity contribution in [2.75, 3.05) is 47.0 Å². The van der Waals surface area contributed by atoms with Crippen molar-refractivity contribution in [2.45, 2.75) is 17.7 Å². The van der Waals surface area contributed by atoms with Crippen LogP contribution >= 0.6 is 11.6 Å². The molecule has 0 unspecified atom stereocenters. The van der Waals surface area contributed by atoms with Gasteiger partial charge in [0.05, 0.1) is 23.6 Å². The van der Waals surface area contributed by atoms with E-state index < -0.39 is 10.0 Å². The first-order valence-electron chi connectivity index (χ1n) is 8.00. The summed E-state index contributed by atoms with van der Waals surface area (Å²) in [5.74, 6) is 0.811. The van der Waals surface area contributed by atoms with Crippen molar-refractivity contribution in [3.63, 3.8) is 0 Å². The van der Waals surface area contributed by atoms with Gasteiger partial charge in [0.1, 0.15) is 5.75 Å². The maximum Gasteiger partial charge on any atom is 0.240 e. The lowest BCUT2D eigenvalue weighted by Crippen LogP contribution is -2.39. The largest absolute Gasteiger partial charge is 0.495 e. The van der Waals surface area contributed by atoms with E-state index in [1.807, 2.05) is 0 Å². The molecule has 8 heteroatoms. The summed E-state index contributed by atoms with van der Waals surface area (Å²) in [6, 6.07) is 4.47. The van der Waals surface area contributed by atoms with Gasteiger partial charge in [0.15, 0.2) is 0 Å². The lowest BCUT2D eigenvalue weighted by molar-refractivity contribution is 0.121. The third-order valence-electron chi connectivity index (χ3n) is 4.31. The molecule has 0 atom stereocenters. The number of sulfonamides is 1. The summed E-state index contributed by atoms with van der Waals surface area (Å²) in [5.41, 5.74) is 0. The molecule has 0 saturated carbocycles. The van der Waals surface area contributed by atoms with Gasteiger partial charge < -0.3 is 14.4 Å². The van der Waals surface area contributed by atoms with Gasteiger partial charge in [0.2, 0.25) is 10.0 Å². The highest BCUT2D eigenvalue weighted by atomic mass is 35.5. The van der Waals surface area contributed by atoms with Crippen molar-refractivity contribution in [2.24, 2.45) is 5.92 Å². The molecule has 0 amide bonds. The Labute approximate surface area is 149 Å². The Morgan fingerprint density at radius 1 is 1.29 bits per heavy atom. The summed E-state index contributed by atoms with van der Waals surface area (Å²) in [4.78, 5) is 2.50. The van der Waals surface area contributed by atoms with Gasteiger partial charge in [-0.1, -0.05) is 11.6 Å². The van der Waals surface area contributed by atoms with Gasteiger partial charge in [-0.2, -0.15) is 0 Å². The summed E-state index contributed by atoms with van der Waals surface area (Å²) in [6.07, 6.45) is 1.96. The van der Waals surface area contributed by atoms with Gasteiger partial charge >= 0.3 is 0 Å². The van der Waals surface area contributed by atoms with Crippen LogP contribution in [0.3, 0.4) is 0 Å². The summed E-state index contributed by atoms with van der Waals surface area (Å²) >= 11 is 6.01. The second-order valence-electron chi connectivity index (χ2n) is 5.93. The van der Waals surface area contributed by atoms with Crippen LogP contribution in [0.5, 0.6) is 5.75 Å². The fourth-order valence-corrected chi connectivity index (χ4v) is 4.22. The molecule has 1 aliphatic rings. The first-order chi connectivity index (χ1) is 11.5. The second-order valence-corrected chi connectivity index (χ2v) is 8.10. The molecule has 1 saturated heterocycles. The van der Waals surface area contributed by atoms with Gasteiger partial charge in [-0.25, -0.2) is 13.1 Å². The molecular formula is C16H25ClN2O4S. The average Bonchev–Trinajstić information content (AvgIpc) is 2.59. The number of hydrogen-bond donors (Lipinski definition) is 1. The number of hydrogen-bond acceptors (Lipinski definition) is 5. The molecular weight excluding hydrogens is 352 g/mol. The van der Waals surface area contributed by atoms with Crippen LogP contribution < -0.4 is 9.46 Å². The molecule has 0 radical (unpaired) electrons. The van der Waals surface area contributed by atoms with Gasteiger partial charge in [0.25, 0.3) is 0 Å². The number of piperidine rings is 1. The highest BCUT2D eigenvalue weighted by Crippen LogP contribution is 2.27. The van der Waals surface area contributed by atoms with Crippen LogP contribution in [0.4, 0.5) is 0 Å². The molecule has 1 aromatic carbocycles. The lowest BCUT2D eigenvalue weighted by atomic mass is 9.97. The standard InChI is InChI=1S/C16H25ClN2O4S/c1-22-10-9-19-7-5-13(6-8-19)12-18-24(20,21)14-3-4-16(23-2)15(17)11-14/h3-4,11,13,18H,5-10,12H2,1-2H3. The number of nitrogens with zero attached hydrogens (tertiary/aromatic N) is 1. The van der Waals surface area contributed by atoms with E-state index >= 15 is 0 Å². The molecule has 1 heterocycles. The van der Waals surface area contributed by atoms with Crippen molar-refractivity contribution in [1.29, 1.82) is 0 Å². The Hall–Kier alpha value is -0.860. The third-order valence-corrected chi connectivity index (χ3v) is 6.03. The molecule has 6 nitrogen and oxygen atoms in total. The van der Waals surface area contributed by atoms with Gasteiger partial charge in [-0.3, -0.25) is 0 Å². The fourth-order valence-electron chi connectivity index (χ4n) is 2.76. The second kappa shape index (κ2) is 9.01. The molecule has 0 aromatic heterocycles. The molecule has 1 fully saturated rings. The van der Waals surface area contributed by atoms with Crippen molar-refractivity contribution in [1.82, 2.24) is 9.62 Å². The summed E-state index contributed by atoms with van der Waals surface area (Å²) in [7, 11) is -0.364. The van der Waals surface area contributed by atoms with E-state index in [9.17, 15) is 8.42 Å². The maximum atomic E-state index is 12.4. The summed E-state index contributed by atoms with van der Waals surface area (Å²) in [6.45, 7) is 4.06. The number of nitrogens with one attached hydrogen (secondary N) is 1. The Morgan fingerprint density at radius 3 is 2.58 bits per heavy atom. The Kier molecular flexibility index (Phi) is 7.31. The summed E-state index contributed by atoms with van der Waals surface area (Å²) < 4.78 is 37.6. The van der Waals surface area contributed by atoms with Gasteiger partial charge in [-0.05, 0) is 50.0 Å². The van der Waals surface area contributed by atoms with Crippen LogP contribution in [0, 0.1) is 5.92 Å².